The Labute approximate surface area is 163 Å². The van der Waals surface area contributed by atoms with Crippen molar-refractivity contribution in [1.29, 1.82) is 0 Å². The number of allylic oxidation sites excluding steroid dienone is 1. The summed E-state index contributed by atoms with van der Waals surface area (Å²) in [6.45, 7) is 8.00. The van der Waals surface area contributed by atoms with Crippen molar-refractivity contribution in [3.05, 3.63) is 66.1 Å². The lowest BCUT2D eigenvalue weighted by Crippen LogP contribution is -2.17. The number of pyridine rings is 1. The number of hydrogen-bond donors (Lipinski definition) is 2. The SMILES string of the molecule is C=C1CCCN1Cc1nc2c([nH]1)c(N)nc1cc(-c3ccc(C)cc3)ccc12. The number of fused-ring (bicyclic) bond motifs is 3. The fraction of sp³-hybridized carbons (Fsp3) is 0.217. The van der Waals surface area contributed by atoms with Crippen LogP contribution in [0.15, 0.2) is 54.7 Å². The first-order valence-electron chi connectivity index (χ1n) is 9.66. The van der Waals surface area contributed by atoms with Gasteiger partial charge < -0.3 is 15.6 Å². The minimum Gasteiger partial charge on any atom is -0.382 e. The number of anilines is 1. The van der Waals surface area contributed by atoms with Gasteiger partial charge in [0.2, 0.25) is 0 Å². The summed E-state index contributed by atoms with van der Waals surface area (Å²) in [5.41, 5.74) is 13.6. The van der Waals surface area contributed by atoms with Crippen molar-refractivity contribution in [3.63, 3.8) is 0 Å². The van der Waals surface area contributed by atoms with E-state index < -0.39 is 0 Å². The van der Waals surface area contributed by atoms with E-state index in [1.54, 1.807) is 0 Å². The zero-order valence-corrected chi connectivity index (χ0v) is 16.0. The fourth-order valence-electron chi connectivity index (χ4n) is 3.97. The second-order valence-electron chi connectivity index (χ2n) is 7.59. The molecule has 1 saturated heterocycles. The van der Waals surface area contributed by atoms with Gasteiger partial charge in [0.05, 0.1) is 12.1 Å². The number of benzene rings is 2. The topological polar surface area (TPSA) is 70.8 Å². The number of likely N-dealkylation sites (tertiary alicyclic amines) is 1. The molecule has 5 heteroatoms. The summed E-state index contributed by atoms with van der Waals surface area (Å²) < 4.78 is 0. The lowest BCUT2D eigenvalue weighted by Gasteiger charge is -2.16. The Morgan fingerprint density at radius 1 is 1.11 bits per heavy atom. The highest BCUT2D eigenvalue weighted by molar-refractivity contribution is 6.07. The normalized spacial score (nSPS) is 14.5. The van der Waals surface area contributed by atoms with Crippen LogP contribution < -0.4 is 5.73 Å². The fourth-order valence-corrected chi connectivity index (χ4v) is 3.97. The third-order valence-electron chi connectivity index (χ3n) is 5.57. The Morgan fingerprint density at radius 3 is 2.64 bits per heavy atom. The first kappa shape index (κ1) is 16.8. The molecule has 0 radical (unpaired) electrons. The van der Waals surface area contributed by atoms with Crippen LogP contribution in [-0.2, 0) is 6.54 Å². The molecule has 1 aliphatic heterocycles. The van der Waals surface area contributed by atoms with Crippen molar-refractivity contribution in [2.24, 2.45) is 0 Å². The number of aromatic amines is 1. The minimum atomic E-state index is 0.488. The van der Waals surface area contributed by atoms with E-state index in [0.717, 1.165) is 59.3 Å². The van der Waals surface area contributed by atoms with Crippen LogP contribution in [-0.4, -0.2) is 26.4 Å². The first-order chi connectivity index (χ1) is 13.6. The monoisotopic (exact) mass is 369 g/mol. The van der Waals surface area contributed by atoms with Crippen LogP contribution in [0, 0.1) is 6.92 Å². The minimum absolute atomic E-state index is 0.488. The predicted octanol–water partition coefficient (Wildman–Crippen LogP) is 4.78. The van der Waals surface area contributed by atoms with E-state index in [4.69, 9.17) is 10.7 Å². The smallest absolute Gasteiger partial charge is 0.150 e. The lowest BCUT2D eigenvalue weighted by atomic mass is 10.0. The number of imidazole rings is 1. The van der Waals surface area contributed by atoms with E-state index in [1.165, 1.54) is 16.8 Å². The summed E-state index contributed by atoms with van der Waals surface area (Å²) in [5, 5.41) is 1.02. The largest absolute Gasteiger partial charge is 0.382 e. The Balaban J connectivity index is 1.58. The standard InChI is InChI=1S/C23H23N5/c1-14-5-7-16(8-6-14)17-9-10-18-19(12-17)25-23(24)22-21(18)26-20(27-22)13-28-11-3-4-15(28)2/h5-10,12H,2-4,11,13H2,1H3,(H2,24,25)(H,26,27). The molecule has 4 aromatic rings. The van der Waals surface area contributed by atoms with Crippen LogP contribution in [0.4, 0.5) is 5.82 Å². The van der Waals surface area contributed by atoms with Gasteiger partial charge in [-0.1, -0.05) is 42.5 Å². The molecular formula is C23H23N5. The first-order valence-corrected chi connectivity index (χ1v) is 9.66. The van der Waals surface area contributed by atoms with Gasteiger partial charge in [0.25, 0.3) is 0 Å². The molecule has 0 saturated carbocycles. The van der Waals surface area contributed by atoms with E-state index in [0.29, 0.717) is 5.82 Å². The Hall–Kier alpha value is -3.34. The third-order valence-corrected chi connectivity index (χ3v) is 5.57. The van der Waals surface area contributed by atoms with Crippen molar-refractivity contribution in [2.45, 2.75) is 26.3 Å². The third kappa shape index (κ3) is 2.80. The Morgan fingerprint density at radius 2 is 1.89 bits per heavy atom. The number of rotatable bonds is 3. The van der Waals surface area contributed by atoms with Gasteiger partial charge in [0.1, 0.15) is 22.7 Å². The quantitative estimate of drug-likeness (QED) is 0.545. The van der Waals surface area contributed by atoms with Crippen molar-refractivity contribution in [1.82, 2.24) is 19.9 Å². The lowest BCUT2D eigenvalue weighted by molar-refractivity contribution is 0.378. The number of H-pyrrole nitrogens is 1. The highest BCUT2D eigenvalue weighted by atomic mass is 15.2. The van der Waals surface area contributed by atoms with E-state index in [1.807, 2.05) is 0 Å². The molecule has 1 fully saturated rings. The predicted molar refractivity (Wildman–Crippen MR) is 115 cm³/mol. The number of aromatic nitrogens is 3. The van der Waals surface area contributed by atoms with Crippen LogP contribution in [0.1, 0.15) is 24.2 Å². The van der Waals surface area contributed by atoms with Crippen molar-refractivity contribution in [3.8, 4) is 11.1 Å². The molecule has 0 amide bonds. The van der Waals surface area contributed by atoms with E-state index in [9.17, 15) is 0 Å². The average Bonchev–Trinajstić information content (AvgIpc) is 3.29. The van der Waals surface area contributed by atoms with Crippen LogP contribution in [0.25, 0.3) is 33.1 Å². The van der Waals surface area contributed by atoms with Crippen LogP contribution >= 0.6 is 0 Å². The molecule has 3 N–H and O–H groups in total. The molecule has 3 heterocycles. The molecule has 0 atom stereocenters. The molecule has 5 nitrogen and oxygen atoms in total. The highest BCUT2D eigenvalue weighted by Crippen LogP contribution is 2.31. The number of nitrogens with two attached hydrogens (primary N) is 1. The summed E-state index contributed by atoms with van der Waals surface area (Å²) in [6, 6.07) is 14.8. The van der Waals surface area contributed by atoms with Crippen molar-refractivity contribution >= 4 is 27.8 Å². The number of nitrogen functional groups attached to an aromatic ring is 1. The van der Waals surface area contributed by atoms with E-state index >= 15 is 0 Å². The zero-order valence-electron chi connectivity index (χ0n) is 16.0. The van der Waals surface area contributed by atoms with Gasteiger partial charge >= 0.3 is 0 Å². The maximum Gasteiger partial charge on any atom is 0.150 e. The second-order valence-corrected chi connectivity index (χ2v) is 7.59. The number of nitrogens with one attached hydrogen (secondary N) is 1. The molecule has 1 aliphatic rings. The van der Waals surface area contributed by atoms with Gasteiger partial charge in [-0.15, -0.1) is 0 Å². The molecule has 140 valence electrons. The summed E-state index contributed by atoms with van der Waals surface area (Å²) in [7, 11) is 0. The molecule has 2 aromatic heterocycles. The Kier molecular flexibility index (Phi) is 3.83. The molecule has 5 rings (SSSR count). The van der Waals surface area contributed by atoms with E-state index in [-0.39, 0.29) is 0 Å². The van der Waals surface area contributed by atoms with Gasteiger partial charge in [-0.2, -0.15) is 0 Å². The summed E-state index contributed by atoms with van der Waals surface area (Å²) in [4.78, 5) is 15.1. The molecule has 0 bridgehead atoms. The maximum absolute atomic E-state index is 6.27. The van der Waals surface area contributed by atoms with Crippen molar-refractivity contribution in [2.75, 3.05) is 12.3 Å². The molecule has 0 spiro atoms. The zero-order chi connectivity index (χ0) is 19.3. The van der Waals surface area contributed by atoms with Gasteiger partial charge in [0.15, 0.2) is 0 Å². The van der Waals surface area contributed by atoms with Crippen molar-refractivity contribution < 1.29 is 0 Å². The summed E-state index contributed by atoms with van der Waals surface area (Å²) in [6.07, 6.45) is 2.22. The number of nitrogens with zero attached hydrogens (tertiary/aromatic N) is 3. The van der Waals surface area contributed by atoms with Crippen LogP contribution in [0.5, 0.6) is 0 Å². The summed E-state index contributed by atoms with van der Waals surface area (Å²) >= 11 is 0. The van der Waals surface area contributed by atoms with Crippen LogP contribution in [0.2, 0.25) is 0 Å². The van der Waals surface area contributed by atoms with Gasteiger partial charge in [0, 0.05) is 17.6 Å². The van der Waals surface area contributed by atoms with Gasteiger partial charge in [-0.05, 0) is 43.0 Å². The molecular weight excluding hydrogens is 346 g/mol. The molecule has 0 aliphatic carbocycles. The molecule has 0 unspecified atom stereocenters. The van der Waals surface area contributed by atoms with Gasteiger partial charge in [-0.25, -0.2) is 9.97 Å². The summed E-state index contributed by atoms with van der Waals surface area (Å²) in [5.74, 6) is 1.39. The molecule has 28 heavy (non-hydrogen) atoms. The van der Waals surface area contributed by atoms with Gasteiger partial charge in [-0.3, -0.25) is 0 Å². The molecule has 2 aromatic carbocycles. The number of aryl methyl sites for hydroxylation is 1. The van der Waals surface area contributed by atoms with Crippen LogP contribution in [0.3, 0.4) is 0 Å². The van der Waals surface area contributed by atoms with E-state index in [2.05, 4.69) is 70.8 Å². The highest BCUT2D eigenvalue weighted by Gasteiger charge is 2.18. The second kappa shape index (κ2) is 6.37. The Bertz CT molecular complexity index is 1200. The maximum atomic E-state index is 6.27. The number of hydrogen-bond acceptors (Lipinski definition) is 4. The average molecular weight is 369 g/mol.